The Morgan fingerprint density at radius 3 is 2.23 bits per heavy atom. The highest BCUT2D eigenvalue weighted by atomic mass is 19.3. The third kappa shape index (κ3) is 3.18. The summed E-state index contributed by atoms with van der Waals surface area (Å²) in [5, 5.41) is 0. The Balaban J connectivity index is 2.29. The molecule has 0 unspecified atom stereocenters. The molecule has 0 saturated carbocycles. The Kier molecular flexibility index (Phi) is 5.28. The highest BCUT2D eigenvalue weighted by Crippen LogP contribution is 2.44. The first-order valence-corrected chi connectivity index (χ1v) is 8.20. The fourth-order valence-electron chi connectivity index (χ4n) is 2.84. The normalized spacial score (nSPS) is 14.8. The van der Waals surface area contributed by atoms with Crippen LogP contribution < -0.4 is 14.4 Å². The maximum Gasteiger partial charge on any atom is 0.483 e. The van der Waals surface area contributed by atoms with Crippen molar-refractivity contribution in [3.8, 4) is 35.0 Å². The fourth-order valence-corrected chi connectivity index (χ4v) is 2.84. The number of halogens is 7. The van der Waals surface area contributed by atoms with Gasteiger partial charge in [0.15, 0.2) is 23.1 Å². The Hall–Kier alpha value is -3.42. The lowest BCUT2D eigenvalue weighted by Crippen LogP contribution is -2.51. The highest BCUT2D eigenvalue weighted by Gasteiger charge is 2.50. The van der Waals surface area contributed by atoms with Crippen molar-refractivity contribution in [2.75, 3.05) is 18.1 Å². The summed E-state index contributed by atoms with van der Waals surface area (Å²) in [6, 6.07) is 0.815. The van der Waals surface area contributed by atoms with E-state index in [1.54, 1.807) is 0 Å². The van der Waals surface area contributed by atoms with E-state index in [0.29, 0.717) is 17.0 Å². The van der Waals surface area contributed by atoms with Crippen molar-refractivity contribution in [1.82, 2.24) is 0 Å². The molecule has 0 spiro atoms. The number of fused-ring (bicyclic) bond motifs is 1. The van der Waals surface area contributed by atoms with Crippen molar-refractivity contribution in [3.05, 3.63) is 41.2 Å². The minimum Gasteiger partial charge on any atom is -0.488 e. The number of ether oxygens (including phenoxy) is 2. The van der Waals surface area contributed by atoms with E-state index in [-0.39, 0.29) is 6.61 Å². The SMILES string of the molecule is C#CCN1C(=O)C(F)(F)Oc2cc(F)c(-c3c(F)c(F)c(OCC)c(F)c3F)cc21. The van der Waals surface area contributed by atoms with Crippen molar-refractivity contribution in [2.45, 2.75) is 13.0 Å². The Morgan fingerprint density at radius 2 is 1.70 bits per heavy atom. The molecular weight excluding hydrogens is 423 g/mol. The van der Waals surface area contributed by atoms with Gasteiger partial charge in [-0.15, -0.1) is 6.42 Å². The molecule has 1 aliphatic rings. The van der Waals surface area contributed by atoms with Crippen LogP contribution in [-0.4, -0.2) is 25.2 Å². The lowest BCUT2D eigenvalue weighted by atomic mass is 10.0. The van der Waals surface area contributed by atoms with Gasteiger partial charge < -0.3 is 9.47 Å². The van der Waals surface area contributed by atoms with Crippen molar-refractivity contribution in [1.29, 1.82) is 0 Å². The first kappa shape index (κ1) is 21.3. The van der Waals surface area contributed by atoms with E-state index >= 15 is 0 Å². The van der Waals surface area contributed by atoms with Gasteiger partial charge in [0.2, 0.25) is 11.6 Å². The van der Waals surface area contributed by atoms with Gasteiger partial charge in [-0.3, -0.25) is 9.69 Å². The minimum absolute atomic E-state index is 0.291. The number of nitrogens with zero attached hydrogens (tertiary/aromatic N) is 1. The van der Waals surface area contributed by atoms with Crippen molar-refractivity contribution in [3.63, 3.8) is 0 Å². The van der Waals surface area contributed by atoms with Crippen molar-refractivity contribution in [2.24, 2.45) is 0 Å². The van der Waals surface area contributed by atoms with Gasteiger partial charge in [-0.2, -0.15) is 17.6 Å². The smallest absolute Gasteiger partial charge is 0.483 e. The summed E-state index contributed by atoms with van der Waals surface area (Å²) in [5.74, 6) is -11.6. The Bertz CT molecular complexity index is 1070. The zero-order chi connectivity index (χ0) is 22.4. The Morgan fingerprint density at radius 1 is 1.10 bits per heavy atom. The molecular formula is C19H10F7NO3. The predicted octanol–water partition coefficient (Wildman–Crippen LogP) is 4.40. The molecule has 3 rings (SSSR count). The van der Waals surface area contributed by atoms with Gasteiger partial charge in [0.05, 0.1) is 24.4 Å². The molecule has 0 saturated heterocycles. The van der Waals surface area contributed by atoms with E-state index in [1.165, 1.54) is 6.92 Å². The number of carbonyl (C=O) groups is 1. The number of amides is 1. The van der Waals surface area contributed by atoms with Crippen LogP contribution in [0.3, 0.4) is 0 Å². The van der Waals surface area contributed by atoms with Crippen molar-refractivity contribution >= 4 is 11.6 Å². The summed E-state index contributed by atoms with van der Waals surface area (Å²) in [6.45, 7) is 0.249. The molecule has 2 aromatic rings. The van der Waals surface area contributed by atoms with Crippen LogP contribution in [-0.2, 0) is 4.79 Å². The number of terminal acetylenes is 1. The molecule has 2 aromatic carbocycles. The monoisotopic (exact) mass is 433 g/mol. The molecule has 1 amide bonds. The molecule has 0 aromatic heterocycles. The molecule has 0 fully saturated rings. The van der Waals surface area contributed by atoms with E-state index in [9.17, 15) is 35.5 Å². The number of anilines is 1. The van der Waals surface area contributed by atoms with Gasteiger partial charge in [-0.1, -0.05) is 5.92 Å². The number of hydrogen-bond acceptors (Lipinski definition) is 3. The van der Waals surface area contributed by atoms with E-state index in [2.05, 4.69) is 9.47 Å². The minimum atomic E-state index is -4.38. The standard InChI is InChI=1S/C19H10F7NO3/c1-3-5-27-10-6-8(9(20)7-11(10)30-19(25,26)18(27)28)12-13(21)15(23)17(29-4-2)16(24)14(12)22/h1,6-7H,4-5H2,2H3. The molecule has 4 nitrogen and oxygen atoms in total. The second-order valence-corrected chi connectivity index (χ2v) is 5.91. The van der Waals surface area contributed by atoms with Crippen LogP contribution >= 0.6 is 0 Å². The summed E-state index contributed by atoms with van der Waals surface area (Å²) in [7, 11) is 0. The molecule has 0 aliphatic carbocycles. The van der Waals surface area contributed by atoms with Crippen LogP contribution in [0.4, 0.5) is 36.4 Å². The molecule has 1 aliphatic heterocycles. The first-order valence-electron chi connectivity index (χ1n) is 8.20. The van der Waals surface area contributed by atoms with Crippen LogP contribution in [0.15, 0.2) is 12.1 Å². The lowest BCUT2D eigenvalue weighted by molar-refractivity contribution is -0.192. The van der Waals surface area contributed by atoms with Crippen LogP contribution in [0.2, 0.25) is 0 Å². The number of carbonyl (C=O) groups excluding carboxylic acids is 1. The maximum absolute atomic E-state index is 14.5. The van der Waals surface area contributed by atoms with Gasteiger partial charge >= 0.3 is 12.0 Å². The van der Waals surface area contributed by atoms with E-state index in [1.807, 2.05) is 5.92 Å². The second-order valence-electron chi connectivity index (χ2n) is 5.91. The molecule has 158 valence electrons. The van der Waals surface area contributed by atoms with Crippen LogP contribution in [0, 0.1) is 41.4 Å². The summed E-state index contributed by atoms with van der Waals surface area (Å²) >= 11 is 0. The summed E-state index contributed by atoms with van der Waals surface area (Å²) < 4.78 is 108. The number of hydrogen-bond donors (Lipinski definition) is 0. The van der Waals surface area contributed by atoms with Gasteiger partial charge in [0, 0.05) is 11.6 Å². The third-order valence-electron chi connectivity index (χ3n) is 4.10. The van der Waals surface area contributed by atoms with E-state index in [4.69, 9.17) is 6.42 Å². The zero-order valence-corrected chi connectivity index (χ0v) is 15.0. The summed E-state index contributed by atoms with van der Waals surface area (Å²) in [5.41, 5.74) is -3.11. The van der Waals surface area contributed by atoms with Crippen molar-refractivity contribution < 1.29 is 45.0 Å². The third-order valence-corrected chi connectivity index (χ3v) is 4.10. The van der Waals surface area contributed by atoms with E-state index in [0.717, 1.165) is 0 Å². The maximum atomic E-state index is 14.5. The van der Waals surface area contributed by atoms with E-state index < -0.39 is 76.0 Å². The number of benzene rings is 2. The molecule has 1 heterocycles. The highest BCUT2D eigenvalue weighted by molar-refractivity contribution is 6.02. The molecule has 11 heteroatoms. The topological polar surface area (TPSA) is 38.8 Å². The average Bonchev–Trinajstić information content (AvgIpc) is 2.68. The number of alkyl halides is 2. The van der Waals surface area contributed by atoms with Crippen LogP contribution in [0.25, 0.3) is 11.1 Å². The first-order chi connectivity index (χ1) is 14.0. The lowest BCUT2D eigenvalue weighted by Gasteiger charge is -2.32. The zero-order valence-electron chi connectivity index (χ0n) is 15.0. The summed E-state index contributed by atoms with van der Waals surface area (Å²) in [4.78, 5) is 12.2. The quantitative estimate of drug-likeness (QED) is 0.408. The van der Waals surface area contributed by atoms with Gasteiger partial charge in [-0.25, -0.2) is 13.2 Å². The largest absolute Gasteiger partial charge is 0.488 e. The molecule has 0 N–H and O–H groups in total. The fraction of sp³-hybridized carbons (Fsp3) is 0.211. The molecule has 0 radical (unpaired) electrons. The van der Waals surface area contributed by atoms with Gasteiger partial charge in [-0.05, 0) is 13.0 Å². The molecule has 0 atom stereocenters. The van der Waals surface area contributed by atoms with Crippen LogP contribution in [0.1, 0.15) is 6.92 Å². The predicted molar refractivity (Wildman–Crippen MR) is 89.6 cm³/mol. The summed E-state index contributed by atoms with van der Waals surface area (Å²) in [6.07, 6.45) is 0.659. The molecule has 30 heavy (non-hydrogen) atoms. The number of rotatable bonds is 4. The average molecular weight is 433 g/mol. The second kappa shape index (κ2) is 7.44. The molecule has 0 bridgehead atoms. The van der Waals surface area contributed by atoms with Gasteiger partial charge in [0.25, 0.3) is 0 Å². The Labute approximate surface area is 164 Å². The van der Waals surface area contributed by atoms with Gasteiger partial charge in [0.1, 0.15) is 5.82 Å². The van der Waals surface area contributed by atoms with Crippen LogP contribution in [0.5, 0.6) is 11.5 Å².